The van der Waals surface area contributed by atoms with Crippen molar-refractivity contribution in [2.45, 2.75) is 13.0 Å². The van der Waals surface area contributed by atoms with Crippen LogP contribution in [0, 0.1) is 18.6 Å². The lowest BCUT2D eigenvalue weighted by atomic mass is 9.98. The topological polar surface area (TPSA) is 24.9 Å². The van der Waals surface area contributed by atoms with E-state index in [2.05, 4.69) is 10.3 Å². The van der Waals surface area contributed by atoms with Crippen molar-refractivity contribution in [2.75, 3.05) is 7.05 Å². The van der Waals surface area contributed by atoms with Gasteiger partial charge in [-0.2, -0.15) is 0 Å². The van der Waals surface area contributed by atoms with Gasteiger partial charge in [-0.05, 0) is 42.8 Å². The number of nitrogens with one attached hydrogen (secondary N) is 1. The molecule has 1 atom stereocenters. The number of aryl methyl sites for hydroxylation is 1. The summed E-state index contributed by atoms with van der Waals surface area (Å²) in [5, 5.41) is 3.08. The van der Waals surface area contributed by atoms with Gasteiger partial charge in [-0.15, -0.1) is 0 Å². The number of nitrogens with zero attached hydrogens (tertiary/aromatic N) is 1. The second kappa shape index (κ2) is 5.23. The molecule has 0 radical (unpaired) electrons. The van der Waals surface area contributed by atoms with Crippen LogP contribution in [-0.4, -0.2) is 12.0 Å². The summed E-state index contributed by atoms with van der Waals surface area (Å²) >= 11 is 0. The molecule has 18 heavy (non-hydrogen) atoms. The summed E-state index contributed by atoms with van der Waals surface area (Å²) in [6.45, 7) is 1.70. The van der Waals surface area contributed by atoms with Gasteiger partial charge in [0.25, 0.3) is 0 Å². The highest BCUT2D eigenvalue weighted by atomic mass is 19.1. The smallest absolute Gasteiger partial charge is 0.141 e. The van der Waals surface area contributed by atoms with Crippen molar-refractivity contribution in [3.05, 3.63) is 65.0 Å². The molecule has 1 aromatic carbocycles. The third-order valence-corrected chi connectivity index (χ3v) is 2.86. The van der Waals surface area contributed by atoms with Gasteiger partial charge >= 0.3 is 0 Å². The van der Waals surface area contributed by atoms with Crippen molar-refractivity contribution in [3.8, 4) is 0 Å². The van der Waals surface area contributed by atoms with Crippen LogP contribution in [0.25, 0.3) is 0 Å². The Balaban J connectivity index is 2.42. The van der Waals surface area contributed by atoms with Crippen molar-refractivity contribution in [1.82, 2.24) is 10.3 Å². The van der Waals surface area contributed by atoms with Crippen LogP contribution in [-0.2, 0) is 0 Å². The first kappa shape index (κ1) is 12.6. The number of pyridine rings is 1. The normalized spacial score (nSPS) is 12.4. The number of hydrogen-bond acceptors (Lipinski definition) is 2. The van der Waals surface area contributed by atoms with Gasteiger partial charge in [-0.3, -0.25) is 4.98 Å². The fourth-order valence-corrected chi connectivity index (χ4v) is 1.96. The number of halogens is 2. The van der Waals surface area contributed by atoms with E-state index in [1.165, 1.54) is 12.1 Å². The molecule has 2 aromatic rings. The minimum Gasteiger partial charge on any atom is -0.309 e. The molecular formula is C14H14F2N2. The van der Waals surface area contributed by atoms with E-state index in [9.17, 15) is 8.78 Å². The fourth-order valence-electron chi connectivity index (χ4n) is 1.96. The van der Waals surface area contributed by atoms with Gasteiger partial charge in [0.2, 0.25) is 0 Å². The van der Waals surface area contributed by atoms with Gasteiger partial charge in [-0.1, -0.05) is 12.1 Å². The summed E-state index contributed by atoms with van der Waals surface area (Å²) < 4.78 is 26.4. The van der Waals surface area contributed by atoms with E-state index in [0.29, 0.717) is 11.1 Å². The standard InChI is InChI=1S/C14H14F2N2/c1-9-5-10(3-4-13(9)16)14(17-2)11-6-12(15)8-18-7-11/h3-8,14,17H,1-2H3. The van der Waals surface area contributed by atoms with Crippen LogP contribution in [0.15, 0.2) is 36.7 Å². The van der Waals surface area contributed by atoms with Crippen LogP contribution in [0.2, 0.25) is 0 Å². The first-order valence-electron chi connectivity index (χ1n) is 5.65. The Kier molecular flexibility index (Phi) is 3.67. The highest BCUT2D eigenvalue weighted by Crippen LogP contribution is 2.23. The molecule has 0 aliphatic carbocycles. The van der Waals surface area contributed by atoms with Gasteiger partial charge < -0.3 is 5.32 Å². The molecule has 0 saturated carbocycles. The summed E-state index contributed by atoms with van der Waals surface area (Å²) in [5.74, 6) is -0.627. The molecule has 1 unspecified atom stereocenters. The quantitative estimate of drug-likeness (QED) is 0.903. The van der Waals surface area contributed by atoms with Gasteiger partial charge in [0.05, 0.1) is 12.2 Å². The van der Waals surface area contributed by atoms with Gasteiger partial charge in [0, 0.05) is 6.20 Å². The third kappa shape index (κ3) is 2.54. The van der Waals surface area contributed by atoms with Crippen LogP contribution in [0.1, 0.15) is 22.7 Å². The van der Waals surface area contributed by atoms with Crippen LogP contribution in [0.3, 0.4) is 0 Å². The molecule has 0 bridgehead atoms. The molecule has 2 nitrogen and oxygen atoms in total. The Bertz CT molecular complexity index is 555. The Labute approximate surface area is 105 Å². The van der Waals surface area contributed by atoms with Crippen LogP contribution >= 0.6 is 0 Å². The number of hydrogen-bond donors (Lipinski definition) is 1. The maximum atomic E-state index is 13.2. The molecule has 0 aliphatic rings. The molecule has 0 fully saturated rings. The maximum absolute atomic E-state index is 13.2. The minimum atomic E-state index is -0.383. The first-order chi connectivity index (χ1) is 8.61. The Morgan fingerprint density at radius 1 is 1.11 bits per heavy atom. The zero-order valence-electron chi connectivity index (χ0n) is 10.2. The molecule has 0 spiro atoms. The highest BCUT2D eigenvalue weighted by molar-refractivity contribution is 5.33. The molecule has 1 N–H and O–H groups in total. The number of benzene rings is 1. The van der Waals surface area contributed by atoms with Crippen molar-refractivity contribution in [3.63, 3.8) is 0 Å². The molecule has 1 aromatic heterocycles. The molecule has 94 valence electrons. The van der Waals surface area contributed by atoms with E-state index >= 15 is 0 Å². The molecule has 4 heteroatoms. The molecule has 0 saturated heterocycles. The highest BCUT2D eigenvalue weighted by Gasteiger charge is 2.14. The minimum absolute atomic E-state index is 0.201. The summed E-state index contributed by atoms with van der Waals surface area (Å²) in [5.41, 5.74) is 2.16. The maximum Gasteiger partial charge on any atom is 0.141 e. The van der Waals surface area contributed by atoms with Crippen molar-refractivity contribution in [1.29, 1.82) is 0 Å². The Morgan fingerprint density at radius 2 is 1.89 bits per heavy atom. The lowest BCUT2D eigenvalue weighted by Gasteiger charge is -2.17. The largest absolute Gasteiger partial charge is 0.309 e. The molecular weight excluding hydrogens is 234 g/mol. The third-order valence-electron chi connectivity index (χ3n) is 2.86. The van der Waals surface area contributed by atoms with Gasteiger partial charge in [-0.25, -0.2) is 8.78 Å². The van der Waals surface area contributed by atoms with Crippen molar-refractivity contribution in [2.24, 2.45) is 0 Å². The Hall–Kier alpha value is -1.81. The summed E-state index contributed by atoms with van der Waals surface area (Å²) in [6.07, 6.45) is 2.76. The molecule has 0 amide bonds. The van der Waals surface area contributed by atoms with Crippen molar-refractivity contribution < 1.29 is 8.78 Å². The van der Waals surface area contributed by atoms with E-state index in [0.717, 1.165) is 11.8 Å². The number of rotatable bonds is 3. The SMILES string of the molecule is CNC(c1cncc(F)c1)c1ccc(F)c(C)c1. The van der Waals surface area contributed by atoms with Crippen molar-refractivity contribution >= 4 is 0 Å². The second-order valence-corrected chi connectivity index (χ2v) is 4.17. The summed E-state index contributed by atoms with van der Waals surface area (Å²) in [7, 11) is 1.77. The predicted octanol–water partition coefficient (Wildman–Crippen LogP) is 2.98. The second-order valence-electron chi connectivity index (χ2n) is 4.17. The van der Waals surface area contributed by atoms with E-state index in [-0.39, 0.29) is 17.7 Å². The molecule has 0 aliphatic heterocycles. The first-order valence-corrected chi connectivity index (χ1v) is 5.65. The molecule has 1 heterocycles. The zero-order chi connectivity index (χ0) is 13.1. The number of aromatic nitrogens is 1. The lowest BCUT2D eigenvalue weighted by molar-refractivity contribution is 0.604. The van der Waals surface area contributed by atoms with E-state index in [1.54, 1.807) is 32.3 Å². The average Bonchev–Trinajstić information content (AvgIpc) is 2.35. The van der Waals surface area contributed by atoms with Crippen LogP contribution in [0.4, 0.5) is 8.78 Å². The van der Waals surface area contributed by atoms with E-state index in [1.807, 2.05) is 0 Å². The zero-order valence-corrected chi connectivity index (χ0v) is 10.2. The summed E-state index contributed by atoms with van der Waals surface area (Å²) in [4.78, 5) is 3.83. The average molecular weight is 248 g/mol. The fraction of sp³-hybridized carbons (Fsp3) is 0.214. The van der Waals surface area contributed by atoms with Gasteiger partial charge in [0.1, 0.15) is 11.6 Å². The van der Waals surface area contributed by atoms with Crippen LogP contribution in [0.5, 0.6) is 0 Å². The Morgan fingerprint density at radius 3 is 2.50 bits per heavy atom. The van der Waals surface area contributed by atoms with Crippen LogP contribution < -0.4 is 5.32 Å². The predicted molar refractivity (Wildman–Crippen MR) is 66.2 cm³/mol. The van der Waals surface area contributed by atoms with Gasteiger partial charge in [0.15, 0.2) is 0 Å². The summed E-state index contributed by atoms with van der Waals surface area (Å²) in [6, 6.07) is 6.08. The van der Waals surface area contributed by atoms with E-state index in [4.69, 9.17) is 0 Å². The lowest BCUT2D eigenvalue weighted by Crippen LogP contribution is -2.18. The monoisotopic (exact) mass is 248 g/mol. The van der Waals surface area contributed by atoms with E-state index < -0.39 is 0 Å². The molecule has 2 rings (SSSR count).